The van der Waals surface area contributed by atoms with Crippen molar-refractivity contribution in [2.24, 2.45) is 0 Å². The molecular weight excluding hydrogens is 565 g/mol. The summed E-state index contributed by atoms with van der Waals surface area (Å²) >= 11 is 0. The van der Waals surface area contributed by atoms with Crippen molar-refractivity contribution in [3.05, 3.63) is 181 Å². The summed E-state index contributed by atoms with van der Waals surface area (Å²) in [6.45, 7) is 4.80. The minimum Gasteiger partial charge on any atom is -0.0622 e. The average Bonchev–Trinajstić information content (AvgIpc) is 3.38. The lowest BCUT2D eigenvalue weighted by molar-refractivity contribution is 0.667. The van der Waals surface area contributed by atoms with Crippen LogP contribution in [0.1, 0.15) is 25.0 Å². The largest absolute Gasteiger partial charge is 0.0622 e. The topological polar surface area (TPSA) is 0 Å². The Balaban J connectivity index is 1.19. The van der Waals surface area contributed by atoms with Crippen molar-refractivity contribution < 1.29 is 0 Å². The first-order chi connectivity index (χ1) is 23.1. The van der Waals surface area contributed by atoms with Gasteiger partial charge in [-0.1, -0.05) is 153 Å². The molecule has 0 heterocycles. The zero-order valence-corrected chi connectivity index (χ0v) is 26.7. The minimum atomic E-state index is -0.128. The first kappa shape index (κ1) is 27.6. The van der Waals surface area contributed by atoms with Crippen molar-refractivity contribution in [2.75, 3.05) is 0 Å². The molecule has 0 fully saturated rings. The Kier molecular flexibility index (Phi) is 6.27. The zero-order chi connectivity index (χ0) is 31.5. The van der Waals surface area contributed by atoms with E-state index in [1.165, 1.54) is 88.3 Å². The molecule has 9 rings (SSSR count). The SMILES string of the molecule is CC1(C)c2cc(-c3cccc(-c4cc(-c5ccccc5)cc(-c5ccccc5)c4)c3)ccc2-c2c1c1ccccc1c1ccccc21. The highest BCUT2D eigenvalue weighted by molar-refractivity contribution is 6.18. The van der Waals surface area contributed by atoms with Gasteiger partial charge in [-0.05, 0) is 119 Å². The van der Waals surface area contributed by atoms with Gasteiger partial charge in [0, 0.05) is 5.41 Å². The van der Waals surface area contributed by atoms with E-state index in [1.807, 2.05) is 0 Å². The highest BCUT2D eigenvalue weighted by Gasteiger charge is 2.38. The third-order valence-corrected chi connectivity index (χ3v) is 10.2. The molecule has 0 aliphatic heterocycles. The van der Waals surface area contributed by atoms with Crippen LogP contribution < -0.4 is 0 Å². The van der Waals surface area contributed by atoms with E-state index >= 15 is 0 Å². The van der Waals surface area contributed by atoms with Crippen LogP contribution in [0.4, 0.5) is 0 Å². The van der Waals surface area contributed by atoms with Gasteiger partial charge in [0.2, 0.25) is 0 Å². The molecule has 8 aromatic carbocycles. The Morgan fingerprint density at radius 2 is 0.745 bits per heavy atom. The van der Waals surface area contributed by atoms with E-state index in [0.717, 1.165) is 0 Å². The van der Waals surface area contributed by atoms with Crippen molar-refractivity contribution in [1.29, 1.82) is 0 Å². The maximum atomic E-state index is 2.45. The van der Waals surface area contributed by atoms with Crippen molar-refractivity contribution in [1.82, 2.24) is 0 Å². The van der Waals surface area contributed by atoms with E-state index in [2.05, 4.69) is 184 Å². The third kappa shape index (κ3) is 4.44. The monoisotopic (exact) mass is 598 g/mol. The fourth-order valence-electron chi connectivity index (χ4n) is 7.93. The molecule has 0 unspecified atom stereocenters. The average molecular weight is 599 g/mol. The Morgan fingerprint density at radius 1 is 0.319 bits per heavy atom. The van der Waals surface area contributed by atoms with Crippen molar-refractivity contribution in [3.63, 3.8) is 0 Å². The molecule has 1 aliphatic carbocycles. The van der Waals surface area contributed by atoms with E-state index in [0.29, 0.717) is 0 Å². The number of fused-ring (bicyclic) bond motifs is 8. The second-order valence-corrected chi connectivity index (χ2v) is 13.3. The molecule has 222 valence electrons. The van der Waals surface area contributed by atoms with Gasteiger partial charge in [-0.15, -0.1) is 0 Å². The molecule has 0 atom stereocenters. The summed E-state index contributed by atoms with van der Waals surface area (Å²) in [7, 11) is 0. The van der Waals surface area contributed by atoms with E-state index in [1.54, 1.807) is 0 Å². The summed E-state index contributed by atoms with van der Waals surface area (Å²) in [4.78, 5) is 0. The fraction of sp³-hybridized carbons (Fsp3) is 0.0638. The summed E-state index contributed by atoms with van der Waals surface area (Å²) in [5.41, 5.74) is 15.3. The van der Waals surface area contributed by atoms with Crippen LogP contribution in [0.3, 0.4) is 0 Å². The quantitative estimate of drug-likeness (QED) is 0.177. The second-order valence-electron chi connectivity index (χ2n) is 13.3. The van der Waals surface area contributed by atoms with Crippen LogP contribution >= 0.6 is 0 Å². The summed E-state index contributed by atoms with van der Waals surface area (Å²) in [6.07, 6.45) is 0. The summed E-state index contributed by atoms with van der Waals surface area (Å²) < 4.78 is 0. The molecule has 0 nitrogen and oxygen atoms in total. The minimum absolute atomic E-state index is 0.128. The van der Waals surface area contributed by atoms with Crippen LogP contribution in [0.2, 0.25) is 0 Å². The molecule has 0 bridgehead atoms. The molecule has 0 heteroatoms. The van der Waals surface area contributed by atoms with Crippen molar-refractivity contribution in [2.45, 2.75) is 19.3 Å². The lowest BCUT2D eigenvalue weighted by Crippen LogP contribution is -2.15. The number of rotatable bonds is 4. The third-order valence-electron chi connectivity index (χ3n) is 10.2. The fourth-order valence-corrected chi connectivity index (χ4v) is 7.93. The molecule has 0 saturated heterocycles. The Hall–Kier alpha value is -5.72. The van der Waals surface area contributed by atoms with E-state index in [4.69, 9.17) is 0 Å². The Labute approximate surface area is 276 Å². The number of benzene rings is 8. The lowest BCUT2D eigenvalue weighted by atomic mass is 9.78. The molecule has 0 N–H and O–H groups in total. The number of hydrogen-bond acceptors (Lipinski definition) is 0. The van der Waals surface area contributed by atoms with Crippen LogP contribution in [-0.2, 0) is 5.41 Å². The predicted molar refractivity (Wildman–Crippen MR) is 201 cm³/mol. The van der Waals surface area contributed by atoms with Gasteiger partial charge in [-0.2, -0.15) is 0 Å². The molecule has 0 amide bonds. The van der Waals surface area contributed by atoms with Gasteiger partial charge in [0.05, 0.1) is 0 Å². The van der Waals surface area contributed by atoms with Gasteiger partial charge in [0.15, 0.2) is 0 Å². The highest BCUT2D eigenvalue weighted by Crippen LogP contribution is 2.55. The molecule has 0 aromatic heterocycles. The van der Waals surface area contributed by atoms with Gasteiger partial charge < -0.3 is 0 Å². The lowest BCUT2D eigenvalue weighted by Gasteiger charge is -2.24. The van der Waals surface area contributed by atoms with Crippen LogP contribution in [0.15, 0.2) is 170 Å². The Morgan fingerprint density at radius 3 is 1.36 bits per heavy atom. The van der Waals surface area contributed by atoms with Gasteiger partial charge in [-0.25, -0.2) is 0 Å². The maximum absolute atomic E-state index is 2.45. The van der Waals surface area contributed by atoms with E-state index < -0.39 is 0 Å². The normalized spacial score (nSPS) is 13.1. The van der Waals surface area contributed by atoms with E-state index in [-0.39, 0.29) is 5.41 Å². The van der Waals surface area contributed by atoms with Crippen molar-refractivity contribution in [3.8, 4) is 55.6 Å². The molecule has 0 spiro atoms. The first-order valence-corrected chi connectivity index (χ1v) is 16.5. The summed E-state index contributed by atoms with van der Waals surface area (Å²) in [6, 6.07) is 62.5. The van der Waals surface area contributed by atoms with Crippen LogP contribution in [0, 0.1) is 0 Å². The molecule has 0 saturated carbocycles. The molecule has 1 aliphatic rings. The summed E-state index contributed by atoms with van der Waals surface area (Å²) in [5, 5.41) is 5.37. The van der Waals surface area contributed by atoms with Crippen molar-refractivity contribution >= 4 is 21.5 Å². The van der Waals surface area contributed by atoms with Crippen LogP contribution in [0.25, 0.3) is 77.2 Å². The van der Waals surface area contributed by atoms with Gasteiger partial charge in [0.25, 0.3) is 0 Å². The molecule has 0 radical (unpaired) electrons. The molecule has 47 heavy (non-hydrogen) atoms. The second kappa shape index (κ2) is 10.7. The first-order valence-electron chi connectivity index (χ1n) is 16.5. The van der Waals surface area contributed by atoms with Crippen LogP contribution in [0.5, 0.6) is 0 Å². The summed E-state index contributed by atoms with van der Waals surface area (Å²) in [5.74, 6) is 0. The van der Waals surface area contributed by atoms with Gasteiger partial charge >= 0.3 is 0 Å². The van der Waals surface area contributed by atoms with Gasteiger partial charge in [-0.3, -0.25) is 0 Å². The molecular formula is C47H34. The van der Waals surface area contributed by atoms with Crippen LogP contribution in [-0.4, -0.2) is 0 Å². The standard InChI is InChI=1S/C47H34/c1-47(2)44-30-35(24-25-43(44)45-41-22-11-9-20-39(41)40-21-10-12-23-42(40)46(45)47)33-18-13-19-34(26-33)38-28-36(31-14-5-3-6-15-31)27-37(29-38)32-16-7-4-8-17-32/h3-30H,1-2H3. The maximum Gasteiger partial charge on any atom is 0.0165 e. The highest BCUT2D eigenvalue weighted by atomic mass is 14.4. The zero-order valence-electron chi connectivity index (χ0n) is 26.7. The van der Waals surface area contributed by atoms with E-state index in [9.17, 15) is 0 Å². The number of hydrogen-bond donors (Lipinski definition) is 0. The molecule has 8 aromatic rings. The Bertz CT molecular complexity index is 2410. The smallest absolute Gasteiger partial charge is 0.0165 e. The van der Waals surface area contributed by atoms with Gasteiger partial charge in [0.1, 0.15) is 0 Å². The predicted octanol–water partition coefficient (Wildman–Crippen LogP) is 13.0.